The summed E-state index contributed by atoms with van der Waals surface area (Å²) < 4.78 is 28.0. The number of rotatable bonds is 5. The summed E-state index contributed by atoms with van der Waals surface area (Å²) in [6.45, 7) is 3.89. The number of hydrogen-bond donors (Lipinski definition) is 1. The van der Waals surface area contributed by atoms with Crippen LogP contribution in [0.5, 0.6) is 0 Å². The first-order chi connectivity index (χ1) is 13.7. The second-order valence-corrected chi connectivity index (χ2v) is 9.60. The molecule has 0 unspecified atom stereocenters. The van der Waals surface area contributed by atoms with E-state index in [0.717, 1.165) is 15.6 Å². The van der Waals surface area contributed by atoms with Crippen molar-refractivity contribution >= 4 is 43.2 Å². The minimum Gasteiger partial charge on any atom is -0.321 e. The van der Waals surface area contributed by atoms with Gasteiger partial charge in [-0.15, -0.1) is 0 Å². The van der Waals surface area contributed by atoms with Crippen LogP contribution in [-0.2, 0) is 10.0 Å². The van der Waals surface area contributed by atoms with Crippen molar-refractivity contribution in [1.29, 1.82) is 0 Å². The zero-order valence-corrected chi connectivity index (χ0v) is 18.7. The third-order valence-corrected chi connectivity index (χ3v) is 6.96. The summed E-state index contributed by atoms with van der Waals surface area (Å²) in [6, 6.07) is 18.8. The maximum atomic E-state index is 13.0. The second-order valence-electron chi connectivity index (χ2n) is 6.77. The molecule has 0 saturated carbocycles. The molecule has 0 radical (unpaired) electrons. The smallest absolute Gasteiger partial charge is 0.264 e. The highest BCUT2D eigenvalue weighted by Crippen LogP contribution is 2.26. The summed E-state index contributed by atoms with van der Waals surface area (Å²) >= 11 is 3.43. The van der Waals surface area contributed by atoms with Crippen LogP contribution < -0.4 is 9.62 Å². The first kappa shape index (κ1) is 21.1. The Morgan fingerprint density at radius 1 is 0.931 bits per heavy atom. The molecule has 0 bridgehead atoms. The molecule has 29 heavy (non-hydrogen) atoms. The summed E-state index contributed by atoms with van der Waals surface area (Å²) in [5, 5.41) is 2.81. The molecule has 0 saturated heterocycles. The van der Waals surface area contributed by atoms with Gasteiger partial charge in [-0.05, 0) is 77.8 Å². The molecule has 1 N–H and O–H groups in total. The highest BCUT2D eigenvalue weighted by Gasteiger charge is 2.22. The van der Waals surface area contributed by atoms with Crippen molar-refractivity contribution in [3.8, 4) is 0 Å². The lowest BCUT2D eigenvalue weighted by atomic mass is 10.2. The lowest BCUT2D eigenvalue weighted by Gasteiger charge is -2.20. The number of anilines is 2. The Hall–Kier alpha value is -2.64. The van der Waals surface area contributed by atoms with Gasteiger partial charge in [-0.3, -0.25) is 9.10 Å². The van der Waals surface area contributed by atoms with Gasteiger partial charge in [-0.2, -0.15) is 0 Å². The molecule has 3 aromatic rings. The Kier molecular flexibility index (Phi) is 6.10. The summed E-state index contributed by atoms with van der Waals surface area (Å²) in [5.74, 6) is -0.385. The lowest BCUT2D eigenvalue weighted by Crippen LogP contribution is -2.26. The monoisotopic (exact) mass is 472 g/mol. The summed E-state index contributed by atoms with van der Waals surface area (Å²) in [4.78, 5) is 12.7. The third-order valence-electron chi connectivity index (χ3n) is 4.52. The van der Waals surface area contributed by atoms with E-state index in [1.165, 1.54) is 23.5 Å². The Labute approximate surface area is 179 Å². The molecule has 3 rings (SSSR count). The largest absolute Gasteiger partial charge is 0.321 e. The van der Waals surface area contributed by atoms with E-state index in [1.807, 2.05) is 38.1 Å². The Morgan fingerprint density at radius 3 is 2.24 bits per heavy atom. The van der Waals surface area contributed by atoms with E-state index in [9.17, 15) is 13.2 Å². The third kappa shape index (κ3) is 4.68. The molecule has 5 nitrogen and oxygen atoms in total. The van der Waals surface area contributed by atoms with Gasteiger partial charge >= 0.3 is 0 Å². The number of halogens is 1. The van der Waals surface area contributed by atoms with Crippen molar-refractivity contribution in [2.24, 2.45) is 0 Å². The average Bonchev–Trinajstić information content (AvgIpc) is 2.70. The molecule has 3 aromatic carbocycles. The molecule has 0 aromatic heterocycles. The number of carbonyl (C=O) groups excluding carboxylic acids is 1. The van der Waals surface area contributed by atoms with E-state index in [4.69, 9.17) is 0 Å². The van der Waals surface area contributed by atoms with E-state index in [0.29, 0.717) is 11.4 Å². The first-order valence-corrected chi connectivity index (χ1v) is 11.1. The number of hydrogen-bond acceptors (Lipinski definition) is 3. The molecule has 0 heterocycles. The highest BCUT2D eigenvalue weighted by atomic mass is 79.9. The van der Waals surface area contributed by atoms with Crippen LogP contribution in [0.1, 0.15) is 21.5 Å². The molecule has 150 valence electrons. The molecule has 0 fully saturated rings. The molecule has 0 aliphatic carbocycles. The molecule has 0 spiro atoms. The van der Waals surface area contributed by atoms with Crippen molar-refractivity contribution < 1.29 is 13.2 Å². The SMILES string of the molecule is Cc1ccc(N(C)S(=O)(=O)c2cccc(C(=O)Nc3ccc(C)cc3Br)c2)cc1. The van der Waals surface area contributed by atoms with E-state index in [-0.39, 0.29) is 16.4 Å². The fraction of sp³-hybridized carbons (Fsp3) is 0.136. The number of nitrogens with one attached hydrogen (secondary N) is 1. The maximum Gasteiger partial charge on any atom is 0.264 e. The molecule has 0 aliphatic rings. The number of nitrogens with zero attached hydrogens (tertiary/aromatic N) is 1. The number of aryl methyl sites for hydroxylation is 2. The van der Waals surface area contributed by atoms with Crippen molar-refractivity contribution in [1.82, 2.24) is 0 Å². The van der Waals surface area contributed by atoms with Crippen molar-refractivity contribution in [2.45, 2.75) is 18.7 Å². The van der Waals surface area contributed by atoms with Gasteiger partial charge in [0.2, 0.25) is 0 Å². The van der Waals surface area contributed by atoms with Gasteiger partial charge in [0.1, 0.15) is 0 Å². The normalized spacial score (nSPS) is 11.2. The standard InChI is InChI=1S/C22H21BrN2O3S/c1-15-7-10-18(11-8-15)25(3)29(27,28)19-6-4-5-17(14-19)22(26)24-21-12-9-16(2)13-20(21)23/h4-14H,1-3H3,(H,24,26). The average molecular weight is 473 g/mol. The zero-order chi connectivity index (χ0) is 21.2. The minimum absolute atomic E-state index is 0.0520. The van der Waals surface area contributed by atoms with Crippen LogP contribution in [0.2, 0.25) is 0 Å². The van der Waals surface area contributed by atoms with Crippen molar-refractivity contribution in [2.75, 3.05) is 16.7 Å². The fourth-order valence-electron chi connectivity index (χ4n) is 2.77. The van der Waals surface area contributed by atoms with Crippen LogP contribution in [0.25, 0.3) is 0 Å². The summed E-state index contributed by atoms with van der Waals surface area (Å²) in [7, 11) is -2.31. The van der Waals surface area contributed by atoms with Crippen LogP contribution in [0, 0.1) is 13.8 Å². The first-order valence-electron chi connectivity index (χ1n) is 8.91. The fourth-order valence-corrected chi connectivity index (χ4v) is 4.60. The molecule has 1 amide bonds. The van der Waals surface area contributed by atoms with E-state index < -0.39 is 10.0 Å². The summed E-state index contributed by atoms with van der Waals surface area (Å²) in [5.41, 5.74) is 3.53. The Bertz CT molecular complexity index is 1160. The molecule has 0 atom stereocenters. The predicted molar refractivity (Wildman–Crippen MR) is 120 cm³/mol. The van der Waals surface area contributed by atoms with Gasteiger partial charge in [0.25, 0.3) is 15.9 Å². The predicted octanol–water partition coefficient (Wildman–Crippen LogP) is 5.14. The van der Waals surface area contributed by atoms with Gasteiger partial charge in [-0.25, -0.2) is 8.42 Å². The number of amides is 1. The van der Waals surface area contributed by atoms with Gasteiger partial charge in [0, 0.05) is 17.1 Å². The number of carbonyl (C=O) groups is 1. The second kappa shape index (κ2) is 8.39. The van der Waals surface area contributed by atoms with Crippen LogP contribution in [0.15, 0.2) is 76.1 Å². The van der Waals surface area contributed by atoms with Crippen molar-refractivity contribution in [3.05, 3.63) is 87.9 Å². The Morgan fingerprint density at radius 2 is 1.59 bits per heavy atom. The van der Waals surface area contributed by atoms with Crippen LogP contribution in [0.3, 0.4) is 0 Å². The van der Waals surface area contributed by atoms with E-state index in [2.05, 4.69) is 21.2 Å². The van der Waals surface area contributed by atoms with Crippen LogP contribution in [0.4, 0.5) is 11.4 Å². The zero-order valence-electron chi connectivity index (χ0n) is 16.3. The quantitative estimate of drug-likeness (QED) is 0.558. The van der Waals surface area contributed by atoms with Crippen LogP contribution >= 0.6 is 15.9 Å². The van der Waals surface area contributed by atoms with Gasteiger partial charge in [0.15, 0.2) is 0 Å². The van der Waals surface area contributed by atoms with Gasteiger partial charge < -0.3 is 5.32 Å². The molecular formula is C22H21BrN2O3S. The lowest BCUT2D eigenvalue weighted by molar-refractivity contribution is 0.102. The minimum atomic E-state index is -3.80. The topological polar surface area (TPSA) is 66.5 Å². The highest BCUT2D eigenvalue weighted by molar-refractivity contribution is 9.10. The Balaban J connectivity index is 1.87. The number of benzene rings is 3. The van der Waals surface area contributed by atoms with Crippen LogP contribution in [-0.4, -0.2) is 21.4 Å². The molecular weight excluding hydrogens is 452 g/mol. The summed E-state index contributed by atoms with van der Waals surface area (Å²) in [6.07, 6.45) is 0. The van der Waals surface area contributed by atoms with Gasteiger partial charge in [-0.1, -0.05) is 29.8 Å². The van der Waals surface area contributed by atoms with E-state index in [1.54, 1.807) is 30.3 Å². The van der Waals surface area contributed by atoms with Crippen molar-refractivity contribution in [3.63, 3.8) is 0 Å². The number of sulfonamides is 1. The van der Waals surface area contributed by atoms with Gasteiger partial charge in [0.05, 0.1) is 16.3 Å². The molecule has 7 heteroatoms. The van der Waals surface area contributed by atoms with E-state index >= 15 is 0 Å². The maximum absolute atomic E-state index is 13.0. The molecule has 0 aliphatic heterocycles.